The minimum atomic E-state index is -4.00. The zero-order chi connectivity index (χ0) is 11.7. The van der Waals surface area contributed by atoms with E-state index in [1.165, 1.54) is 0 Å². The minimum Gasteiger partial charge on any atom is -0.311 e. The normalized spacial score (nSPS) is 26.4. The van der Waals surface area contributed by atoms with Crippen LogP contribution in [0, 0.1) is 5.41 Å². The molecule has 2 atom stereocenters. The molecular formula is C11H20F3N. The van der Waals surface area contributed by atoms with E-state index in [1.54, 1.807) is 0 Å². The van der Waals surface area contributed by atoms with Crippen LogP contribution in [0.25, 0.3) is 0 Å². The van der Waals surface area contributed by atoms with E-state index in [0.717, 1.165) is 6.42 Å². The summed E-state index contributed by atoms with van der Waals surface area (Å²) in [6.45, 7) is 6.31. The lowest BCUT2D eigenvalue weighted by Crippen LogP contribution is -2.30. The number of halogens is 3. The average Bonchev–Trinajstić information content (AvgIpc) is 2.55. The van der Waals surface area contributed by atoms with Gasteiger partial charge in [0.05, 0.1) is 0 Å². The average molecular weight is 223 g/mol. The molecule has 4 heteroatoms. The molecule has 1 N–H and O–H groups in total. The van der Waals surface area contributed by atoms with E-state index in [1.807, 2.05) is 6.92 Å². The summed E-state index contributed by atoms with van der Waals surface area (Å²) >= 11 is 0. The van der Waals surface area contributed by atoms with Crippen molar-refractivity contribution in [1.82, 2.24) is 5.32 Å². The van der Waals surface area contributed by atoms with Crippen LogP contribution in [0.4, 0.5) is 13.2 Å². The number of alkyl halides is 3. The van der Waals surface area contributed by atoms with E-state index in [4.69, 9.17) is 0 Å². The number of nitrogens with one attached hydrogen (secondary N) is 1. The molecule has 0 aliphatic heterocycles. The SMILES string of the molecule is CC(CCCC(F)(F)F)NC1CC1(C)C. The van der Waals surface area contributed by atoms with E-state index in [9.17, 15) is 13.2 Å². The fourth-order valence-electron chi connectivity index (χ4n) is 1.79. The Hall–Kier alpha value is -0.250. The molecule has 0 aromatic heterocycles. The molecule has 0 heterocycles. The van der Waals surface area contributed by atoms with Crippen molar-refractivity contribution in [3.63, 3.8) is 0 Å². The predicted octanol–water partition coefficient (Wildman–Crippen LogP) is 3.50. The van der Waals surface area contributed by atoms with Gasteiger partial charge < -0.3 is 5.32 Å². The third-order valence-electron chi connectivity index (χ3n) is 3.10. The fraction of sp³-hybridized carbons (Fsp3) is 1.00. The van der Waals surface area contributed by atoms with Gasteiger partial charge in [-0.2, -0.15) is 13.2 Å². The maximum atomic E-state index is 11.9. The van der Waals surface area contributed by atoms with Crippen molar-refractivity contribution in [3.05, 3.63) is 0 Å². The first-order valence-electron chi connectivity index (χ1n) is 5.53. The Morgan fingerprint density at radius 1 is 1.40 bits per heavy atom. The maximum absolute atomic E-state index is 11.9. The molecule has 1 aliphatic carbocycles. The van der Waals surface area contributed by atoms with Crippen LogP contribution in [0.2, 0.25) is 0 Å². The van der Waals surface area contributed by atoms with Crippen molar-refractivity contribution in [2.24, 2.45) is 5.41 Å². The Balaban J connectivity index is 2.07. The van der Waals surface area contributed by atoms with Gasteiger partial charge in [0.2, 0.25) is 0 Å². The van der Waals surface area contributed by atoms with Gasteiger partial charge in [-0.25, -0.2) is 0 Å². The zero-order valence-electron chi connectivity index (χ0n) is 9.62. The van der Waals surface area contributed by atoms with Crippen LogP contribution < -0.4 is 5.32 Å². The number of hydrogen-bond acceptors (Lipinski definition) is 1. The van der Waals surface area contributed by atoms with Crippen LogP contribution in [-0.4, -0.2) is 18.3 Å². The van der Waals surface area contributed by atoms with Crippen molar-refractivity contribution >= 4 is 0 Å². The Labute approximate surface area is 89.4 Å². The molecule has 1 aliphatic rings. The van der Waals surface area contributed by atoms with Crippen molar-refractivity contribution in [3.8, 4) is 0 Å². The first-order valence-corrected chi connectivity index (χ1v) is 5.53. The summed E-state index contributed by atoms with van der Waals surface area (Å²) in [4.78, 5) is 0. The summed E-state index contributed by atoms with van der Waals surface area (Å²) in [5.74, 6) is 0. The van der Waals surface area contributed by atoms with Gasteiger partial charge in [0.1, 0.15) is 0 Å². The molecule has 2 unspecified atom stereocenters. The van der Waals surface area contributed by atoms with E-state index < -0.39 is 12.6 Å². The third-order valence-corrected chi connectivity index (χ3v) is 3.10. The molecule has 1 nitrogen and oxygen atoms in total. The largest absolute Gasteiger partial charge is 0.389 e. The van der Waals surface area contributed by atoms with Gasteiger partial charge >= 0.3 is 6.18 Å². The number of rotatable bonds is 5. The van der Waals surface area contributed by atoms with E-state index in [-0.39, 0.29) is 12.5 Å². The molecule has 0 spiro atoms. The quantitative estimate of drug-likeness (QED) is 0.752. The summed E-state index contributed by atoms with van der Waals surface area (Å²) in [6.07, 6.45) is -2.70. The highest BCUT2D eigenvalue weighted by Crippen LogP contribution is 2.44. The molecule has 15 heavy (non-hydrogen) atoms. The first-order chi connectivity index (χ1) is 6.71. The van der Waals surface area contributed by atoms with E-state index in [2.05, 4.69) is 19.2 Å². The Morgan fingerprint density at radius 2 is 1.93 bits per heavy atom. The fourth-order valence-corrected chi connectivity index (χ4v) is 1.79. The van der Waals surface area contributed by atoms with Crippen LogP contribution in [0.5, 0.6) is 0 Å². The topological polar surface area (TPSA) is 12.0 Å². The molecule has 0 radical (unpaired) electrons. The Kier molecular flexibility index (Phi) is 3.69. The lowest BCUT2D eigenvalue weighted by molar-refractivity contribution is -0.135. The molecule has 0 aromatic rings. The number of hydrogen-bond donors (Lipinski definition) is 1. The van der Waals surface area contributed by atoms with Crippen LogP contribution in [0.3, 0.4) is 0 Å². The second kappa shape index (κ2) is 4.32. The highest BCUT2D eigenvalue weighted by Gasteiger charge is 2.45. The summed E-state index contributed by atoms with van der Waals surface area (Å²) in [7, 11) is 0. The summed E-state index contributed by atoms with van der Waals surface area (Å²) in [5.41, 5.74) is 0.346. The van der Waals surface area contributed by atoms with Gasteiger partial charge in [0, 0.05) is 18.5 Å². The van der Waals surface area contributed by atoms with Gasteiger partial charge in [-0.15, -0.1) is 0 Å². The molecule has 0 bridgehead atoms. The van der Waals surface area contributed by atoms with Crippen LogP contribution >= 0.6 is 0 Å². The molecule has 0 saturated heterocycles. The molecule has 1 saturated carbocycles. The smallest absolute Gasteiger partial charge is 0.311 e. The van der Waals surface area contributed by atoms with Crippen LogP contribution in [-0.2, 0) is 0 Å². The van der Waals surface area contributed by atoms with Gasteiger partial charge in [0.25, 0.3) is 0 Å². The highest BCUT2D eigenvalue weighted by atomic mass is 19.4. The summed E-state index contributed by atoms with van der Waals surface area (Å²) in [5, 5.41) is 3.36. The predicted molar refractivity (Wildman–Crippen MR) is 54.7 cm³/mol. The second-order valence-corrected chi connectivity index (χ2v) is 5.32. The molecule has 0 aromatic carbocycles. The lowest BCUT2D eigenvalue weighted by Gasteiger charge is -2.15. The minimum absolute atomic E-state index is 0.194. The first kappa shape index (κ1) is 12.8. The van der Waals surface area contributed by atoms with Crippen molar-refractivity contribution in [2.75, 3.05) is 0 Å². The Morgan fingerprint density at radius 3 is 2.33 bits per heavy atom. The monoisotopic (exact) mass is 223 g/mol. The van der Waals surface area contributed by atoms with Crippen molar-refractivity contribution in [1.29, 1.82) is 0 Å². The van der Waals surface area contributed by atoms with Crippen LogP contribution in [0.1, 0.15) is 46.5 Å². The second-order valence-electron chi connectivity index (χ2n) is 5.32. The zero-order valence-corrected chi connectivity index (χ0v) is 9.62. The summed E-state index contributed by atoms with van der Waals surface area (Å²) in [6, 6.07) is 0.692. The van der Waals surface area contributed by atoms with Crippen molar-refractivity contribution < 1.29 is 13.2 Å². The Bertz CT molecular complexity index is 210. The molecular weight excluding hydrogens is 203 g/mol. The van der Waals surface area contributed by atoms with Gasteiger partial charge in [-0.05, 0) is 31.6 Å². The summed E-state index contributed by atoms with van der Waals surface area (Å²) < 4.78 is 35.7. The molecule has 0 amide bonds. The van der Waals surface area contributed by atoms with Crippen molar-refractivity contribution in [2.45, 2.75) is 64.7 Å². The molecule has 1 fully saturated rings. The van der Waals surface area contributed by atoms with Gasteiger partial charge in [0.15, 0.2) is 0 Å². The highest BCUT2D eigenvalue weighted by molar-refractivity contribution is 5.02. The van der Waals surface area contributed by atoms with Gasteiger partial charge in [-0.1, -0.05) is 13.8 Å². The van der Waals surface area contributed by atoms with Crippen LogP contribution in [0.15, 0.2) is 0 Å². The molecule has 90 valence electrons. The standard InChI is InChI=1S/C11H20F3N/c1-8(5-4-6-11(12,13)14)15-9-7-10(9,2)3/h8-9,15H,4-7H2,1-3H3. The van der Waals surface area contributed by atoms with E-state index in [0.29, 0.717) is 17.9 Å². The molecule has 1 rings (SSSR count). The third kappa shape index (κ3) is 4.87. The lowest BCUT2D eigenvalue weighted by atomic mass is 10.1. The maximum Gasteiger partial charge on any atom is 0.389 e. The van der Waals surface area contributed by atoms with Gasteiger partial charge in [-0.3, -0.25) is 0 Å². The van der Waals surface area contributed by atoms with E-state index >= 15 is 0 Å².